The van der Waals surface area contributed by atoms with E-state index in [4.69, 9.17) is 11.6 Å². The van der Waals surface area contributed by atoms with E-state index in [9.17, 15) is 4.79 Å². The topological polar surface area (TPSA) is 73.1 Å². The number of anilines is 2. The molecule has 2 aromatic rings. The van der Waals surface area contributed by atoms with Gasteiger partial charge in [-0.05, 0) is 38.1 Å². The number of hydrogen-bond donors (Lipinski definition) is 3. The molecule has 23 heavy (non-hydrogen) atoms. The van der Waals surface area contributed by atoms with E-state index in [1.807, 2.05) is 45.0 Å². The third-order valence-corrected chi connectivity index (χ3v) is 3.58. The lowest BCUT2D eigenvalue weighted by molar-refractivity contribution is 0.249. The predicted molar refractivity (Wildman–Crippen MR) is 94.4 cm³/mol. The molecule has 0 spiro atoms. The van der Waals surface area contributed by atoms with Gasteiger partial charge in [0.1, 0.15) is 0 Å². The number of benzene rings is 1. The van der Waals surface area contributed by atoms with Crippen LogP contribution < -0.4 is 15.5 Å². The molecule has 6 nitrogen and oxygen atoms in total. The minimum atomic E-state index is -0.268. The molecular formula is C16H22ClN5O. The van der Waals surface area contributed by atoms with Crippen molar-refractivity contribution in [1.29, 1.82) is 0 Å². The maximum absolute atomic E-state index is 12.2. The van der Waals surface area contributed by atoms with Crippen molar-refractivity contribution < 1.29 is 4.79 Å². The summed E-state index contributed by atoms with van der Waals surface area (Å²) in [4.78, 5) is 14.1. The van der Waals surface area contributed by atoms with Crippen LogP contribution in [-0.4, -0.2) is 36.4 Å². The molecular weight excluding hydrogens is 314 g/mol. The van der Waals surface area contributed by atoms with Crippen molar-refractivity contribution in [2.45, 2.75) is 26.3 Å². The van der Waals surface area contributed by atoms with Gasteiger partial charge in [0, 0.05) is 37.3 Å². The van der Waals surface area contributed by atoms with Crippen LogP contribution in [0.25, 0.3) is 0 Å². The number of carbonyl (C=O) groups excluding carboxylic acids is 1. The molecule has 1 atom stereocenters. The highest BCUT2D eigenvalue weighted by Gasteiger charge is 2.12. The molecule has 7 heteroatoms. The number of hydrogen-bond acceptors (Lipinski definition) is 3. The number of nitrogens with one attached hydrogen (secondary N) is 3. The first-order valence-corrected chi connectivity index (χ1v) is 7.78. The van der Waals surface area contributed by atoms with Gasteiger partial charge in [-0.25, -0.2) is 4.79 Å². The largest absolute Gasteiger partial charge is 0.376 e. The maximum Gasteiger partial charge on any atom is 0.319 e. The van der Waals surface area contributed by atoms with Gasteiger partial charge < -0.3 is 15.5 Å². The fourth-order valence-electron chi connectivity index (χ4n) is 2.32. The van der Waals surface area contributed by atoms with Crippen LogP contribution in [-0.2, 0) is 6.42 Å². The van der Waals surface area contributed by atoms with Crippen LogP contribution in [0, 0.1) is 6.92 Å². The predicted octanol–water partition coefficient (Wildman–Crippen LogP) is 3.19. The molecule has 0 unspecified atom stereocenters. The summed E-state index contributed by atoms with van der Waals surface area (Å²) in [5.41, 5.74) is 3.49. The number of H-pyrrole nitrogens is 1. The molecule has 1 heterocycles. The summed E-state index contributed by atoms with van der Waals surface area (Å²) in [5.74, 6) is 0. The van der Waals surface area contributed by atoms with E-state index in [1.54, 1.807) is 12.1 Å². The number of halogens is 1. The zero-order chi connectivity index (χ0) is 17.0. The molecule has 3 N–H and O–H groups in total. The third-order valence-electron chi connectivity index (χ3n) is 3.34. The second-order valence-electron chi connectivity index (χ2n) is 5.80. The molecule has 124 valence electrons. The van der Waals surface area contributed by atoms with Crippen LogP contribution in [0.1, 0.15) is 18.3 Å². The molecule has 0 fully saturated rings. The lowest BCUT2D eigenvalue weighted by Gasteiger charge is -2.19. The summed E-state index contributed by atoms with van der Waals surface area (Å²) in [6.45, 7) is 3.89. The smallest absolute Gasteiger partial charge is 0.319 e. The van der Waals surface area contributed by atoms with Crippen molar-refractivity contribution in [3.05, 3.63) is 40.7 Å². The highest BCUT2D eigenvalue weighted by molar-refractivity contribution is 6.31. The molecule has 0 aliphatic carbocycles. The summed E-state index contributed by atoms with van der Waals surface area (Å²) in [7, 11) is 3.82. The second kappa shape index (κ2) is 7.37. The lowest BCUT2D eigenvalue weighted by atomic mass is 10.2. The average Bonchev–Trinajstić information content (AvgIpc) is 2.83. The number of rotatable bonds is 5. The number of urea groups is 1. The monoisotopic (exact) mass is 335 g/mol. The van der Waals surface area contributed by atoms with E-state index in [0.717, 1.165) is 17.1 Å². The Morgan fingerprint density at radius 1 is 1.39 bits per heavy atom. The molecule has 0 aliphatic rings. The minimum Gasteiger partial charge on any atom is -0.376 e. The van der Waals surface area contributed by atoms with Gasteiger partial charge in [-0.2, -0.15) is 5.10 Å². The fourth-order valence-corrected chi connectivity index (χ4v) is 2.50. The van der Waals surface area contributed by atoms with E-state index in [-0.39, 0.29) is 12.1 Å². The van der Waals surface area contributed by atoms with Crippen molar-refractivity contribution in [3.8, 4) is 0 Å². The number of nitrogens with zero attached hydrogens (tertiary/aromatic N) is 2. The zero-order valence-corrected chi connectivity index (χ0v) is 14.5. The van der Waals surface area contributed by atoms with E-state index in [1.165, 1.54) is 0 Å². The highest BCUT2D eigenvalue weighted by atomic mass is 35.5. The molecule has 0 bridgehead atoms. The Labute approximate surface area is 141 Å². The van der Waals surface area contributed by atoms with Crippen molar-refractivity contribution in [2.75, 3.05) is 24.3 Å². The van der Waals surface area contributed by atoms with E-state index < -0.39 is 0 Å². The Balaban J connectivity index is 1.98. The van der Waals surface area contributed by atoms with E-state index >= 15 is 0 Å². The van der Waals surface area contributed by atoms with Crippen LogP contribution in [0.3, 0.4) is 0 Å². The Morgan fingerprint density at radius 3 is 2.74 bits per heavy atom. The normalized spacial score (nSPS) is 11.9. The molecule has 0 saturated heterocycles. The number of aryl methyl sites for hydroxylation is 1. The maximum atomic E-state index is 12.2. The van der Waals surface area contributed by atoms with E-state index in [2.05, 4.69) is 20.8 Å². The van der Waals surface area contributed by atoms with Gasteiger partial charge in [-0.15, -0.1) is 0 Å². The Kier molecular flexibility index (Phi) is 5.50. The van der Waals surface area contributed by atoms with Crippen molar-refractivity contribution in [3.63, 3.8) is 0 Å². The Morgan fingerprint density at radius 2 is 2.13 bits per heavy atom. The van der Waals surface area contributed by atoms with Gasteiger partial charge in [0.2, 0.25) is 0 Å². The summed E-state index contributed by atoms with van der Waals surface area (Å²) in [6.07, 6.45) is 0.661. The fraction of sp³-hybridized carbons (Fsp3) is 0.375. The Hall–Kier alpha value is -2.21. The number of aromatic amines is 1. The minimum absolute atomic E-state index is 0.0420. The van der Waals surface area contributed by atoms with Crippen molar-refractivity contribution in [1.82, 2.24) is 15.5 Å². The first-order valence-electron chi connectivity index (χ1n) is 7.40. The first-order chi connectivity index (χ1) is 10.8. The summed E-state index contributed by atoms with van der Waals surface area (Å²) < 4.78 is 0. The number of carbonyl (C=O) groups is 1. The van der Waals surface area contributed by atoms with Crippen LogP contribution in [0.2, 0.25) is 5.02 Å². The van der Waals surface area contributed by atoms with Crippen molar-refractivity contribution in [2.24, 2.45) is 0 Å². The van der Waals surface area contributed by atoms with Crippen molar-refractivity contribution >= 4 is 29.0 Å². The summed E-state index contributed by atoms with van der Waals surface area (Å²) in [6, 6.07) is 7.06. The van der Waals surface area contributed by atoms with E-state index in [0.29, 0.717) is 17.1 Å². The van der Waals surface area contributed by atoms with Gasteiger partial charge in [0.15, 0.2) is 0 Å². The van der Waals surface area contributed by atoms with Crippen LogP contribution in [0.15, 0.2) is 24.3 Å². The lowest BCUT2D eigenvalue weighted by Crippen LogP contribution is -2.37. The third kappa shape index (κ3) is 4.89. The van der Waals surface area contributed by atoms with Crippen LogP contribution in [0.4, 0.5) is 16.2 Å². The SMILES string of the molecule is Cc1cc(C[C@H](C)NC(=O)Nc2cc(Cl)ccc2N(C)C)n[nH]1. The zero-order valence-electron chi connectivity index (χ0n) is 13.8. The Bertz CT molecular complexity index is 683. The highest BCUT2D eigenvalue weighted by Crippen LogP contribution is 2.27. The summed E-state index contributed by atoms with van der Waals surface area (Å²) >= 11 is 6.02. The van der Waals surface area contributed by atoms with Gasteiger partial charge in [0.05, 0.1) is 17.1 Å². The molecule has 0 radical (unpaired) electrons. The quantitative estimate of drug-likeness (QED) is 0.785. The van der Waals surface area contributed by atoms with Crippen LogP contribution >= 0.6 is 11.6 Å². The number of aromatic nitrogens is 2. The van der Waals surface area contributed by atoms with Crippen LogP contribution in [0.5, 0.6) is 0 Å². The summed E-state index contributed by atoms with van der Waals surface area (Å²) in [5, 5.41) is 13.4. The van der Waals surface area contributed by atoms with Gasteiger partial charge in [-0.3, -0.25) is 5.10 Å². The average molecular weight is 336 g/mol. The molecule has 1 aromatic heterocycles. The second-order valence-corrected chi connectivity index (χ2v) is 6.24. The van der Waals surface area contributed by atoms with Gasteiger partial charge in [0.25, 0.3) is 0 Å². The standard InChI is InChI=1S/C16H22ClN5O/c1-10(7-13-8-11(2)20-21-13)18-16(23)19-14-9-12(17)5-6-15(14)22(3)4/h5-6,8-10H,7H2,1-4H3,(H,20,21)(H2,18,19,23)/t10-/m0/s1. The molecule has 0 saturated carbocycles. The van der Waals surface area contributed by atoms with Gasteiger partial charge in [-0.1, -0.05) is 11.6 Å². The number of amides is 2. The molecule has 2 rings (SSSR count). The molecule has 2 amide bonds. The van der Waals surface area contributed by atoms with Gasteiger partial charge >= 0.3 is 6.03 Å². The molecule has 0 aliphatic heterocycles. The first kappa shape index (κ1) is 17.1. The molecule has 1 aromatic carbocycles.